The third-order valence-corrected chi connectivity index (χ3v) is 4.19. The van der Waals surface area contributed by atoms with Crippen molar-refractivity contribution < 1.29 is 14.6 Å². The Bertz CT molecular complexity index is 1100. The van der Waals surface area contributed by atoms with Crippen molar-refractivity contribution in [2.75, 3.05) is 18.5 Å². The van der Waals surface area contributed by atoms with E-state index in [0.29, 0.717) is 29.3 Å². The summed E-state index contributed by atoms with van der Waals surface area (Å²) in [4.78, 5) is 12.7. The van der Waals surface area contributed by atoms with Gasteiger partial charge in [-0.2, -0.15) is 0 Å². The van der Waals surface area contributed by atoms with Gasteiger partial charge >= 0.3 is 0 Å². The Hall–Kier alpha value is -3.72. The van der Waals surface area contributed by atoms with Gasteiger partial charge in [-0.15, -0.1) is 5.10 Å². The van der Waals surface area contributed by atoms with Crippen molar-refractivity contribution in [1.29, 1.82) is 0 Å². The number of nitrogens with zero attached hydrogens (tertiary/aromatic N) is 4. The third-order valence-electron chi connectivity index (χ3n) is 4.19. The maximum Gasteiger partial charge on any atom is 0.246 e. The van der Waals surface area contributed by atoms with Crippen LogP contribution in [0, 0.1) is 6.92 Å². The summed E-state index contributed by atoms with van der Waals surface area (Å²) < 4.78 is 11.3. The molecule has 0 radical (unpaired) electrons. The molecule has 0 atom stereocenters. The molecule has 4 rings (SSSR count). The summed E-state index contributed by atoms with van der Waals surface area (Å²) in [5.74, 6) is 1.67. The maximum absolute atomic E-state index is 8.99. The van der Waals surface area contributed by atoms with E-state index in [4.69, 9.17) is 14.6 Å². The minimum Gasteiger partial charge on any atom is -0.487 e. The first-order valence-corrected chi connectivity index (χ1v) is 9.07. The zero-order valence-corrected chi connectivity index (χ0v) is 15.8. The molecule has 4 aromatic rings. The fourth-order valence-electron chi connectivity index (χ4n) is 2.84. The van der Waals surface area contributed by atoms with Gasteiger partial charge in [0.05, 0.1) is 12.3 Å². The number of rotatable bonds is 8. The molecular formula is C20H20N6O3. The fraction of sp³-hybridized carbons (Fsp3) is 0.200. The van der Waals surface area contributed by atoms with Crippen LogP contribution in [0.1, 0.15) is 11.3 Å². The predicted molar refractivity (Wildman–Crippen MR) is 107 cm³/mol. The molecule has 0 spiro atoms. The number of hydrogen-bond acceptors (Lipinski definition) is 8. The van der Waals surface area contributed by atoms with Crippen LogP contribution in [0.2, 0.25) is 0 Å². The van der Waals surface area contributed by atoms with Gasteiger partial charge in [0.2, 0.25) is 5.88 Å². The largest absolute Gasteiger partial charge is 0.487 e. The Morgan fingerprint density at radius 2 is 2.03 bits per heavy atom. The number of aromatic amines is 1. The van der Waals surface area contributed by atoms with Crippen LogP contribution >= 0.6 is 0 Å². The molecule has 3 aromatic heterocycles. The molecule has 29 heavy (non-hydrogen) atoms. The SMILES string of the molecule is Cc1cc(Nc2ncnc3[nH]nc(OCCO)c23)ccc1OCc1ccccn1. The molecule has 3 N–H and O–H groups in total. The van der Waals surface area contributed by atoms with Gasteiger partial charge in [-0.05, 0) is 42.8 Å². The third kappa shape index (κ3) is 4.25. The van der Waals surface area contributed by atoms with Gasteiger partial charge in [-0.1, -0.05) is 6.07 Å². The van der Waals surface area contributed by atoms with Gasteiger partial charge in [0.25, 0.3) is 0 Å². The van der Waals surface area contributed by atoms with Crippen LogP contribution in [-0.4, -0.2) is 43.5 Å². The van der Waals surface area contributed by atoms with E-state index >= 15 is 0 Å². The lowest BCUT2D eigenvalue weighted by atomic mass is 10.2. The molecule has 0 fully saturated rings. The van der Waals surface area contributed by atoms with Crippen LogP contribution in [0.15, 0.2) is 48.9 Å². The van der Waals surface area contributed by atoms with E-state index in [-0.39, 0.29) is 13.2 Å². The Morgan fingerprint density at radius 3 is 2.83 bits per heavy atom. The number of pyridine rings is 1. The van der Waals surface area contributed by atoms with Gasteiger partial charge in [0.1, 0.15) is 36.5 Å². The minimum atomic E-state index is -0.107. The maximum atomic E-state index is 8.99. The molecule has 0 saturated heterocycles. The molecule has 0 saturated carbocycles. The monoisotopic (exact) mass is 392 g/mol. The van der Waals surface area contributed by atoms with Crippen molar-refractivity contribution >= 4 is 22.5 Å². The molecular weight excluding hydrogens is 372 g/mol. The van der Waals surface area contributed by atoms with Gasteiger partial charge in [-0.25, -0.2) is 9.97 Å². The van der Waals surface area contributed by atoms with Crippen molar-refractivity contribution in [1.82, 2.24) is 25.1 Å². The summed E-state index contributed by atoms with van der Waals surface area (Å²) in [5.41, 5.74) is 3.22. The standard InChI is InChI=1S/C20H20N6O3/c1-13-10-14(5-6-16(13)29-11-15-4-2-3-7-21-15)24-18-17-19(23-12-22-18)25-26-20(17)28-9-8-27/h2-7,10,12,27H,8-9,11H2,1H3,(H2,22,23,24,25,26). The molecule has 9 nitrogen and oxygen atoms in total. The predicted octanol–water partition coefficient (Wildman–Crippen LogP) is 2.75. The summed E-state index contributed by atoms with van der Waals surface area (Å²) in [6, 6.07) is 11.5. The van der Waals surface area contributed by atoms with E-state index in [2.05, 4.69) is 30.5 Å². The number of aromatic nitrogens is 5. The number of ether oxygens (including phenoxy) is 2. The van der Waals surface area contributed by atoms with Gasteiger partial charge in [0, 0.05) is 11.9 Å². The molecule has 0 aliphatic carbocycles. The Kier molecular flexibility index (Phi) is 5.48. The first kappa shape index (κ1) is 18.6. The summed E-state index contributed by atoms with van der Waals surface area (Å²) >= 11 is 0. The normalized spacial score (nSPS) is 10.8. The van der Waals surface area contributed by atoms with Crippen molar-refractivity contribution in [2.45, 2.75) is 13.5 Å². The van der Waals surface area contributed by atoms with Crippen molar-refractivity contribution in [3.8, 4) is 11.6 Å². The first-order valence-electron chi connectivity index (χ1n) is 9.07. The topological polar surface area (TPSA) is 118 Å². The lowest BCUT2D eigenvalue weighted by molar-refractivity contribution is 0.198. The van der Waals surface area contributed by atoms with Gasteiger partial charge < -0.3 is 19.9 Å². The molecule has 9 heteroatoms. The van der Waals surface area contributed by atoms with Crippen molar-refractivity contribution in [3.05, 3.63) is 60.2 Å². The Balaban J connectivity index is 1.52. The summed E-state index contributed by atoms with van der Waals surface area (Å²) in [6.45, 7) is 2.41. The highest BCUT2D eigenvalue weighted by Gasteiger charge is 2.14. The average Bonchev–Trinajstić information content (AvgIpc) is 3.16. The average molecular weight is 392 g/mol. The molecule has 0 unspecified atom stereocenters. The number of anilines is 2. The van der Waals surface area contributed by atoms with E-state index in [1.165, 1.54) is 6.33 Å². The Labute approximate surface area is 166 Å². The highest BCUT2D eigenvalue weighted by Crippen LogP contribution is 2.31. The van der Waals surface area contributed by atoms with Crippen LogP contribution in [-0.2, 0) is 6.61 Å². The smallest absolute Gasteiger partial charge is 0.246 e. The van der Waals surface area contributed by atoms with Gasteiger partial charge in [-0.3, -0.25) is 10.1 Å². The molecule has 148 valence electrons. The molecule has 0 bridgehead atoms. The van der Waals surface area contributed by atoms with Gasteiger partial charge in [0.15, 0.2) is 5.65 Å². The number of aryl methyl sites for hydroxylation is 1. The van der Waals surface area contributed by atoms with Crippen LogP contribution in [0.5, 0.6) is 11.6 Å². The summed E-state index contributed by atoms with van der Waals surface area (Å²) in [7, 11) is 0. The Morgan fingerprint density at radius 1 is 1.10 bits per heavy atom. The van der Waals surface area contributed by atoms with E-state index in [1.807, 2.05) is 43.3 Å². The highest BCUT2D eigenvalue weighted by molar-refractivity contribution is 5.92. The number of aliphatic hydroxyl groups excluding tert-OH is 1. The first-order chi connectivity index (χ1) is 14.2. The van der Waals surface area contributed by atoms with Crippen LogP contribution < -0.4 is 14.8 Å². The molecule has 0 amide bonds. The number of H-pyrrole nitrogens is 1. The zero-order valence-electron chi connectivity index (χ0n) is 15.8. The lowest BCUT2D eigenvalue weighted by Crippen LogP contribution is -2.03. The van der Waals surface area contributed by atoms with Crippen LogP contribution in [0.3, 0.4) is 0 Å². The van der Waals surface area contributed by atoms with E-state index in [0.717, 1.165) is 22.7 Å². The van der Waals surface area contributed by atoms with E-state index in [1.54, 1.807) is 6.20 Å². The number of fused-ring (bicyclic) bond motifs is 1. The molecule has 3 heterocycles. The number of benzene rings is 1. The van der Waals surface area contributed by atoms with Crippen molar-refractivity contribution in [3.63, 3.8) is 0 Å². The zero-order chi connectivity index (χ0) is 20.1. The quantitative estimate of drug-likeness (QED) is 0.419. The summed E-state index contributed by atoms with van der Waals surface area (Å²) in [6.07, 6.45) is 3.19. The second-order valence-corrected chi connectivity index (χ2v) is 6.26. The van der Waals surface area contributed by atoms with Crippen molar-refractivity contribution in [2.24, 2.45) is 0 Å². The molecule has 1 aromatic carbocycles. The lowest BCUT2D eigenvalue weighted by Gasteiger charge is -2.12. The van der Waals surface area contributed by atoms with Crippen LogP contribution in [0.4, 0.5) is 11.5 Å². The fourth-order valence-corrected chi connectivity index (χ4v) is 2.84. The number of hydrogen-bond donors (Lipinski definition) is 3. The second-order valence-electron chi connectivity index (χ2n) is 6.26. The van der Waals surface area contributed by atoms with E-state index in [9.17, 15) is 0 Å². The van der Waals surface area contributed by atoms with E-state index < -0.39 is 0 Å². The molecule has 0 aliphatic heterocycles. The second kappa shape index (κ2) is 8.53. The number of aliphatic hydroxyl groups is 1. The summed E-state index contributed by atoms with van der Waals surface area (Å²) in [5, 5.41) is 19.8. The minimum absolute atomic E-state index is 0.107. The highest BCUT2D eigenvalue weighted by atomic mass is 16.5. The van der Waals surface area contributed by atoms with Crippen LogP contribution in [0.25, 0.3) is 11.0 Å². The molecule has 0 aliphatic rings. The number of nitrogens with one attached hydrogen (secondary N) is 2.